The molecule has 2 radical (unpaired) electrons. The van der Waals surface area contributed by atoms with Crippen LogP contribution in [0.15, 0.2) is 12.1 Å². The van der Waals surface area contributed by atoms with Gasteiger partial charge >= 0.3 is 51.4 Å². The first-order valence-electron chi connectivity index (χ1n) is 1.70. The normalized spacial score (nSPS) is 7.43. The molecule has 0 aliphatic carbocycles. The minimum Gasteiger partial charge on any atom is -0.488 e. The Morgan fingerprint density at radius 1 is 1.71 bits per heavy atom. The molecule has 1 nitrogen and oxygen atoms in total. The number of H-pyrrole nitrogens is 1. The first kappa shape index (κ1) is 7.98. The molecule has 0 saturated carbocycles. The number of nitrogens with one attached hydrogen (secondary N) is 1. The summed E-state index contributed by atoms with van der Waals surface area (Å²) in [6.07, 6.45) is 2.68. The molecule has 7 heavy (non-hydrogen) atoms. The third-order valence-corrected chi connectivity index (χ3v) is 0.563. The summed E-state index contributed by atoms with van der Waals surface area (Å²) < 4.78 is 0. The van der Waals surface area contributed by atoms with E-state index in [9.17, 15) is 0 Å². The molecule has 28 valence electrons. The van der Waals surface area contributed by atoms with Crippen molar-refractivity contribution < 1.29 is 51.4 Å². The van der Waals surface area contributed by atoms with Crippen LogP contribution < -0.4 is 57.0 Å². The maximum absolute atomic E-state index is 5.19. The average Bonchev–Trinajstić information content (AvgIpc) is 1.86. The van der Waals surface area contributed by atoms with Crippen LogP contribution in [0.4, 0.5) is 0 Å². The van der Waals surface area contributed by atoms with Gasteiger partial charge in [-0.1, -0.05) is 0 Å². The van der Waals surface area contributed by atoms with Crippen molar-refractivity contribution in [1.82, 2.24) is 4.98 Å². The van der Waals surface area contributed by atoms with Gasteiger partial charge in [0.15, 0.2) is 0 Å². The van der Waals surface area contributed by atoms with Crippen LogP contribution in [0.3, 0.4) is 0 Å². The van der Waals surface area contributed by atoms with Gasteiger partial charge in [-0.3, -0.25) is 0 Å². The van der Waals surface area contributed by atoms with E-state index in [1.165, 1.54) is 0 Å². The fraction of sp³-hybridized carbons (Fsp3) is 0. The maximum atomic E-state index is 5.19. The summed E-state index contributed by atoms with van der Waals surface area (Å²) in [5.41, 5.74) is 0.662. The van der Waals surface area contributed by atoms with Gasteiger partial charge in [-0.05, 0) is 0 Å². The molecular formula is C4H3BKN. The molecule has 0 spiro atoms. The van der Waals surface area contributed by atoms with Crippen molar-refractivity contribution in [2.24, 2.45) is 0 Å². The molecule has 1 aromatic heterocycles. The molecular weight excluding hydrogens is 112 g/mol. The third kappa shape index (κ3) is 2.72. The molecule has 1 N–H and O–H groups in total. The number of aromatic amines is 1. The molecule has 0 aromatic carbocycles. The monoisotopic (exact) mass is 115 g/mol. The van der Waals surface area contributed by atoms with E-state index in [2.05, 4.69) is 11.2 Å². The SMILES string of the molecule is [B]c1cc[c-][nH]1.[K+]. The smallest absolute Gasteiger partial charge is 0.488 e. The minimum atomic E-state index is 0. The van der Waals surface area contributed by atoms with Crippen LogP contribution >= 0.6 is 0 Å². The summed E-state index contributed by atoms with van der Waals surface area (Å²) in [6, 6.07) is 3.48. The Morgan fingerprint density at radius 3 is 2.57 bits per heavy atom. The van der Waals surface area contributed by atoms with Crippen molar-refractivity contribution >= 4 is 13.4 Å². The Kier molecular flexibility index (Phi) is 4.47. The van der Waals surface area contributed by atoms with Gasteiger partial charge in [-0.15, -0.1) is 6.20 Å². The quantitative estimate of drug-likeness (QED) is 0.268. The molecule has 1 rings (SSSR count). The van der Waals surface area contributed by atoms with Gasteiger partial charge in [0.1, 0.15) is 0 Å². The summed E-state index contributed by atoms with van der Waals surface area (Å²) in [5.74, 6) is 0. The molecule has 0 saturated heterocycles. The van der Waals surface area contributed by atoms with Gasteiger partial charge in [-0.25, -0.2) is 6.07 Å². The van der Waals surface area contributed by atoms with Crippen molar-refractivity contribution in [3.8, 4) is 0 Å². The van der Waals surface area contributed by atoms with E-state index in [1.807, 2.05) is 0 Å². The zero-order valence-corrected chi connectivity index (χ0v) is 7.36. The molecule has 0 bridgehead atoms. The molecule has 3 heteroatoms. The van der Waals surface area contributed by atoms with E-state index in [1.54, 1.807) is 12.1 Å². The number of hydrogen-bond acceptors (Lipinski definition) is 0. The standard InChI is InChI=1S/C4H3BN.K/c5-4-2-1-3-6-4;/h1-2,6H;/q-1;+1. The minimum absolute atomic E-state index is 0. The zero-order valence-electron chi connectivity index (χ0n) is 4.23. The number of rotatable bonds is 0. The summed E-state index contributed by atoms with van der Waals surface area (Å²) in [7, 11) is 5.19. The van der Waals surface area contributed by atoms with Gasteiger partial charge in [0, 0.05) is 7.85 Å². The summed E-state index contributed by atoms with van der Waals surface area (Å²) in [5, 5.41) is 0. The van der Waals surface area contributed by atoms with Gasteiger partial charge < -0.3 is 4.98 Å². The average molecular weight is 115 g/mol. The molecule has 0 aliphatic heterocycles. The molecule has 0 amide bonds. The largest absolute Gasteiger partial charge is 1.00 e. The predicted octanol–water partition coefficient (Wildman–Crippen LogP) is -3.39. The van der Waals surface area contributed by atoms with Crippen LogP contribution in [0, 0.1) is 6.20 Å². The summed E-state index contributed by atoms with van der Waals surface area (Å²) in [4.78, 5) is 2.65. The van der Waals surface area contributed by atoms with Gasteiger partial charge in [0.05, 0.1) is 0 Å². The molecule has 0 unspecified atom stereocenters. The Balaban J connectivity index is 0.000000360. The topological polar surface area (TPSA) is 15.8 Å². The fourth-order valence-corrected chi connectivity index (χ4v) is 0.298. The van der Waals surface area contributed by atoms with Gasteiger partial charge in [0.2, 0.25) is 0 Å². The van der Waals surface area contributed by atoms with Crippen LogP contribution in [-0.4, -0.2) is 12.8 Å². The van der Waals surface area contributed by atoms with Crippen molar-refractivity contribution in [2.45, 2.75) is 0 Å². The predicted molar refractivity (Wildman–Crippen MR) is 25.0 cm³/mol. The first-order valence-corrected chi connectivity index (χ1v) is 1.70. The second kappa shape index (κ2) is 3.92. The second-order valence-corrected chi connectivity index (χ2v) is 1.06. The van der Waals surface area contributed by atoms with Crippen molar-refractivity contribution in [1.29, 1.82) is 0 Å². The van der Waals surface area contributed by atoms with Crippen LogP contribution in [-0.2, 0) is 0 Å². The second-order valence-electron chi connectivity index (χ2n) is 1.06. The van der Waals surface area contributed by atoms with E-state index in [4.69, 9.17) is 7.85 Å². The van der Waals surface area contributed by atoms with E-state index in [-0.39, 0.29) is 51.4 Å². The van der Waals surface area contributed by atoms with Gasteiger partial charge in [-0.2, -0.15) is 11.7 Å². The van der Waals surface area contributed by atoms with E-state index in [0.29, 0.717) is 5.59 Å². The van der Waals surface area contributed by atoms with Crippen LogP contribution in [0.1, 0.15) is 0 Å². The summed E-state index contributed by atoms with van der Waals surface area (Å²) >= 11 is 0. The fourth-order valence-electron chi connectivity index (χ4n) is 0.298. The Hall–Kier alpha value is 0.981. The Labute approximate surface area is 86.7 Å². The number of hydrogen-bond donors (Lipinski definition) is 1. The molecule has 0 fully saturated rings. The van der Waals surface area contributed by atoms with Gasteiger partial charge in [0.25, 0.3) is 0 Å². The third-order valence-electron chi connectivity index (χ3n) is 0.563. The maximum Gasteiger partial charge on any atom is 1.00 e. The van der Waals surface area contributed by atoms with Crippen molar-refractivity contribution in [3.05, 3.63) is 18.3 Å². The van der Waals surface area contributed by atoms with E-state index >= 15 is 0 Å². The molecule has 1 aromatic rings. The molecule has 0 atom stereocenters. The van der Waals surface area contributed by atoms with Crippen LogP contribution in [0.5, 0.6) is 0 Å². The first-order chi connectivity index (χ1) is 2.89. The Bertz CT molecular complexity index is 115. The summed E-state index contributed by atoms with van der Waals surface area (Å²) in [6.45, 7) is 0. The van der Waals surface area contributed by atoms with Crippen molar-refractivity contribution in [2.75, 3.05) is 0 Å². The zero-order chi connectivity index (χ0) is 4.41. The molecule has 1 heterocycles. The molecule has 0 aliphatic rings. The Morgan fingerprint density at radius 2 is 2.43 bits per heavy atom. The van der Waals surface area contributed by atoms with E-state index < -0.39 is 0 Å². The number of aromatic nitrogens is 1. The van der Waals surface area contributed by atoms with E-state index in [0.717, 1.165) is 0 Å². The van der Waals surface area contributed by atoms with Crippen LogP contribution in [0.2, 0.25) is 0 Å². The van der Waals surface area contributed by atoms with Crippen molar-refractivity contribution in [3.63, 3.8) is 0 Å². The van der Waals surface area contributed by atoms with Crippen LogP contribution in [0.25, 0.3) is 0 Å².